The number of anilines is 2. The average molecular weight is 481 g/mol. The molecule has 0 aliphatic carbocycles. The Morgan fingerprint density at radius 2 is 1.81 bits per heavy atom. The number of nitrogens with two attached hydrogens (primary N) is 1. The van der Waals surface area contributed by atoms with Crippen LogP contribution < -0.4 is 10.6 Å². The highest BCUT2D eigenvalue weighted by Crippen LogP contribution is 2.33. The van der Waals surface area contributed by atoms with E-state index in [0.717, 1.165) is 52.8 Å². The summed E-state index contributed by atoms with van der Waals surface area (Å²) in [6, 6.07) is 24.4. The Labute approximate surface area is 212 Å². The normalized spacial score (nSPS) is 13.7. The molecular formula is C30H32N4O2. The monoisotopic (exact) mass is 480 g/mol. The lowest BCUT2D eigenvalue weighted by Crippen LogP contribution is -2.36. The van der Waals surface area contributed by atoms with Crippen LogP contribution in [0.5, 0.6) is 0 Å². The van der Waals surface area contributed by atoms with Gasteiger partial charge in [-0.3, -0.25) is 4.79 Å². The second-order valence-corrected chi connectivity index (χ2v) is 9.36. The van der Waals surface area contributed by atoms with Crippen molar-refractivity contribution in [2.75, 3.05) is 50.5 Å². The molecule has 0 bridgehead atoms. The number of aryl methyl sites for hydroxylation is 1. The zero-order valence-electron chi connectivity index (χ0n) is 20.9. The first-order valence-electron chi connectivity index (χ1n) is 12.4. The third-order valence-electron chi connectivity index (χ3n) is 6.89. The molecule has 184 valence electrons. The Morgan fingerprint density at radius 1 is 1.03 bits per heavy atom. The number of hydrogen-bond donors (Lipinski definition) is 1. The topological polar surface area (TPSA) is 71.7 Å². The van der Waals surface area contributed by atoms with E-state index in [0.29, 0.717) is 31.1 Å². The molecule has 6 nitrogen and oxygen atoms in total. The summed E-state index contributed by atoms with van der Waals surface area (Å²) in [6.45, 7) is 5.67. The SMILES string of the molecule is Cc1cccc(C(=O)N(C)CCc2ccccc2)c1-c1ccc2nc(N)c(N3CCOCC3)cc2c1. The number of rotatable bonds is 6. The van der Waals surface area contributed by atoms with E-state index in [1.807, 2.05) is 54.4 Å². The van der Waals surface area contributed by atoms with Crippen LogP contribution in [0.4, 0.5) is 11.5 Å². The fourth-order valence-corrected chi connectivity index (χ4v) is 4.87. The van der Waals surface area contributed by atoms with Crippen molar-refractivity contribution in [3.05, 3.63) is 89.5 Å². The zero-order valence-corrected chi connectivity index (χ0v) is 20.9. The summed E-state index contributed by atoms with van der Waals surface area (Å²) in [5, 5.41) is 1.00. The lowest BCUT2D eigenvalue weighted by molar-refractivity contribution is 0.0797. The molecule has 0 spiro atoms. The Kier molecular flexibility index (Phi) is 6.87. The van der Waals surface area contributed by atoms with Gasteiger partial charge in [0.1, 0.15) is 5.82 Å². The first-order valence-corrected chi connectivity index (χ1v) is 12.4. The van der Waals surface area contributed by atoms with Crippen molar-refractivity contribution in [1.29, 1.82) is 0 Å². The van der Waals surface area contributed by atoms with Crippen molar-refractivity contribution in [2.45, 2.75) is 13.3 Å². The van der Waals surface area contributed by atoms with Gasteiger partial charge in [-0.25, -0.2) is 4.98 Å². The highest BCUT2D eigenvalue weighted by Gasteiger charge is 2.20. The number of nitrogens with zero attached hydrogens (tertiary/aromatic N) is 3. The summed E-state index contributed by atoms with van der Waals surface area (Å²) in [5.41, 5.74) is 13.0. The number of morpholine rings is 1. The van der Waals surface area contributed by atoms with Gasteiger partial charge in [0.05, 0.1) is 24.4 Å². The van der Waals surface area contributed by atoms with Gasteiger partial charge in [-0.1, -0.05) is 48.5 Å². The summed E-state index contributed by atoms with van der Waals surface area (Å²) in [7, 11) is 1.87. The molecule has 6 heteroatoms. The third-order valence-corrected chi connectivity index (χ3v) is 6.89. The van der Waals surface area contributed by atoms with E-state index in [9.17, 15) is 4.79 Å². The lowest BCUT2D eigenvalue weighted by Gasteiger charge is -2.29. The summed E-state index contributed by atoms with van der Waals surface area (Å²) in [6.07, 6.45) is 0.817. The summed E-state index contributed by atoms with van der Waals surface area (Å²) < 4.78 is 5.50. The molecule has 0 saturated carbocycles. The van der Waals surface area contributed by atoms with Gasteiger partial charge < -0.3 is 20.3 Å². The number of nitrogen functional groups attached to an aromatic ring is 1. The van der Waals surface area contributed by atoms with Crippen LogP contribution in [0.2, 0.25) is 0 Å². The minimum atomic E-state index is 0.0224. The van der Waals surface area contributed by atoms with Gasteiger partial charge in [0.15, 0.2) is 0 Å². The molecule has 1 saturated heterocycles. The summed E-state index contributed by atoms with van der Waals surface area (Å²) in [5.74, 6) is 0.554. The molecule has 1 fully saturated rings. The van der Waals surface area contributed by atoms with Gasteiger partial charge in [-0.15, -0.1) is 0 Å². The number of carbonyl (C=O) groups excluding carboxylic acids is 1. The number of ether oxygens (including phenoxy) is 1. The first kappa shape index (κ1) is 23.8. The molecule has 36 heavy (non-hydrogen) atoms. The number of hydrogen-bond acceptors (Lipinski definition) is 5. The largest absolute Gasteiger partial charge is 0.382 e. The number of fused-ring (bicyclic) bond motifs is 1. The Hall–Kier alpha value is -3.90. The molecular weight excluding hydrogens is 448 g/mol. The van der Waals surface area contributed by atoms with Crippen molar-refractivity contribution in [2.24, 2.45) is 0 Å². The molecule has 4 aromatic rings. The Morgan fingerprint density at radius 3 is 2.58 bits per heavy atom. The molecule has 1 amide bonds. The molecule has 1 aliphatic rings. The maximum Gasteiger partial charge on any atom is 0.254 e. The average Bonchev–Trinajstić information content (AvgIpc) is 2.91. The fourth-order valence-electron chi connectivity index (χ4n) is 4.87. The Balaban J connectivity index is 1.47. The van der Waals surface area contributed by atoms with Crippen molar-refractivity contribution in [3.63, 3.8) is 0 Å². The molecule has 2 N–H and O–H groups in total. The van der Waals surface area contributed by atoms with Crippen LogP contribution in [0, 0.1) is 6.92 Å². The molecule has 5 rings (SSSR count). The molecule has 0 radical (unpaired) electrons. The molecule has 1 aliphatic heterocycles. The summed E-state index contributed by atoms with van der Waals surface area (Å²) >= 11 is 0. The van der Waals surface area contributed by atoms with E-state index >= 15 is 0 Å². The van der Waals surface area contributed by atoms with Crippen LogP contribution in [0.25, 0.3) is 22.0 Å². The third kappa shape index (κ3) is 4.90. The molecule has 0 atom stereocenters. The lowest BCUT2D eigenvalue weighted by atomic mass is 9.93. The number of benzene rings is 3. The van der Waals surface area contributed by atoms with Crippen LogP contribution in [-0.4, -0.2) is 55.7 Å². The molecule has 0 unspecified atom stereocenters. The van der Waals surface area contributed by atoms with E-state index in [4.69, 9.17) is 10.5 Å². The van der Waals surface area contributed by atoms with Crippen LogP contribution in [-0.2, 0) is 11.2 Å². The molecule has 3 aromatic carbocycles. The quantitative estimate of drug-likeness (QED) is 0.423. The Bertz CT molecular complexity index is 1380. The number of pyridine rings is 1. The number of aromatic nitrogens is 1. The van der Waals surface area contributed by atoms with Crippen molar-refractivity contribution >= 4 is 28.3 Å². The fraction of sp³-hybridized carbons (Fsp3) is 0.267. The predicted octanol–water partition coefficient (Wildman–Crippen LogP) is 4.94. The van der Waals surface area contributed by atoms with Crippen LogP contribution in [0.15, 0.2) is 72.8 Å². The van der Waals surface area contributed by atoms with E-state index in [2.05, 4.69) is 47.1 Å². The van der Waals surface area contributed by atoms with Gasteiger partial charge in [0, 0.05) is 37.6 Å². The van der Waals surface area contributed by atoms with E-state index in [1.54, 1.807) is 0 Å². The number of amides is 1. The van der Waals surface area contributed by atoms with Gasteiger partial charge in [-0.2, -0.15) is 0 Å². The van der Waals surface area contributed by atoms with Crippen LogP contribution in [0.1, 0.15) is 21.5 Å². The number of carbonyl (C=O) groups is 1. The number of likely N-dealkylation sites (N-methyl/N-ethyl adjacent to an activating group) is 1. The van der Waals surface area contributed by atoms with Gasteiger partial charge in [-0.05, 0) is 59.9 Å². The van der Waals surface area contributed by atoms with E-state index in [1.165, 1.54) is 5.56 Å². The summed E-state index contributed by atoms with van der Waals surface area (Å²) in [4.78, 5) is 22.3. The van der Waals surface area contributed by atoms with Crippen molar-refractivity contribution in [1.82, 2.24) is 9.88 Å². The highest BCUT2D eigenvalue weighted by molar-refractivity contribution is 6.02. The first-order chi connectivity index (χ1) is 17.5. The second kappa shape index (κ2) is 10.4. The highest BCUT2D eigenvalue weighted by atomic mass is 16.5. The second-order valence-electron chi connectivity index (χ2n) is 9.36. The maximum absolute atomic E-state index is 13.6. The van der Waals surface area contributed by atoms with E-state index < -0.39 is 0 Å². The molecule has 2 heterocycles. The maximum atomic E-state index is 13.6. The van der Waals surface area contributed by atoms with Crippen LogP contribution >= 0.6 is 0 Å². The van der Waals surface area contributed by atoms with Crippen molar-refractivity contribution in [3.8, 4) is 11.1 Å². The smallest absolute Gasteiger partial charge is 0.254 e. The van der Waals surface area contributed by atoms with Gasteiger partial charge >= 0.3 is 0 Å². The van der Waals surface area contributed by atoms with Gasteiger partial charge in [0.2, 0.25) is 0 Å². The minimum Gasteiger partial charge on any atom is -0.382 e. The van der Waals surface area contributed by atoms with Gasteiger partial charge in [0.25, 0.3) is 5.91 Å². The van der Waals surface area contributed by atoms with Crippen LogP contribution in [0.3, 0.4) is 0 Å². The van der Waals surface area contributed by atoms with E-state index in [-0.39, 0.29) is 5.91 Å². The minimum absolute atomic E-state index is 0.0224. The molecule has 1 aromatic heterocycles. The van der Waals surface area contributed by atoms with Crippen molar-refractivity contribution < 1.29 is 9.53 Å². The zero-order chi connectivity index (χ0) is 25.1. The predicted molar refractivity (Wildman–Crippen MR) is 146 cm³/mol. The standard InChI is InChI=1S/C30H32N4O2/c1-21-7-6-10-25(30(35)33(2)14-13-22-8-4-3-5-9-22)28(21)23-11-12-26-24(19-23)20-27(29(31)32-26)34-15-17-36-18-16-34/h3-12,19-20H,13-18H2,1-2H3,(H2,31,32).